The minimum Gasteiger partial charge on any atom is -0.481 e. The van der Waals surface area contributed by atoms with Crippen molar-refractivity contribution in [1.29, 1.82) is 0 Å². The van der Waals surface area contributed by atoms with Gasteiger partial charge in [-0.1, -0.05) is 60.7 Å². The summed E-state index contributed by atoms with van der Waals surface area (Å²) < 4.78 is 5.14. The topological polar surface area (TPSA) is 177 Å². The predicted molar refractivity (Wildman–Crippen MR) is 143 cm³/mol. The number of nitrogens with two attached hydrogens (primary N) is 1. The third-order valence-electron chi connectivity index (χ3n) is 5.81. The van der Waals surface area contributed by atoms with Gasteiger partial charge in [0.2, 0.25) is 11.7 Å². The van der Waals surface area contributed by atoms with E-state index in [1.807, 2.05) is 36.4 Å². The number of benzene rings is 2. The van der Waals surface area contributed by atoms with Crippen LogP contribution in [-0.4, -0.2) is 59.9 Å². The molecular weight excluding hydrogens is 504 g/mol. The lowest BCUT2D eigenvalue weighted by atomic mass is 10.0. The van der Waals surface area contributed by atoms with Gasteiger partial charge in [-0.3, -0.25) is 19.2 Å². The van der Waals surface area contributed by atoms with Crippen LogP contribution in [0.4, 0.5) is 4.79 Å². The highest BCUT2D eigenvalue weighted by atomic mass is 16.5. The maximum atomic E-state index is 13.1. The molecule has 0 heterocycles. The van der Waals surface area contributed by atoms with E-state index in [2.05, 4.69) is 16.0 Å². The minimum atomic E-state index is -1.30. The molecule has 39 heavy (non-hydrogen) atoms. The fraction of sp³-hybridized carbons (Fsp3) is 0.393. The van der Waals surface area contributed by atoms with Gasteiger partial charge in [0.25, 0.3) is 5.91 Å². The van der Waals surface area contributed by atoms with E-state index in [0.717, 1.165) is 11.1 Å². The SMILES string of the molecule is NCCCC[C@H](NC(=O)[C@H](CCC(=O)O)NC(=O)OCc1ccccc1)C(=O)C(=O)NCCc1ccccc1. The Balaban J connectivity index is 2.01. The lowest BCUT2D eigenvalue weighted by Gasteiger charge is -2.22. The van der Waals surface area contributed by atoms with Crippen LogP contribution >= 0.6 is 0 Å². The third-order valence-corrected chi connectivity index (χ3v) is 5.81. The number of ether oxygens (including phenoxy) is 1. The summed E-state index contributed by atoms with van der Waals surface area (Å²) in [6.45, 7) is 0.547. The first-order valence-electron chi connectivity index (χ1n) is 12.9. The largest absolute Gasteiger partial charge is 0.481 e. The first-order chi connectivity index (χ1) is 18.8. The molecule has 0 saturated heterocycles. The molecule has 0 radical (unpaired) electrons. The van der Waals surface area contributed by atoms with Crippen molar-refractivity contribution >= 4 is 29.7 Å². The lowest BCUT2D eigenvalue weighted by molar-refractivity contribution is -0.140. The zero-order chi connectivity index (χ0) is 28.5. The normalized spacial score (nSPS) is 12.0. The van der Waals surface area contributed by atoms with Crippen LogP contribution < -0.4 is 21.7 Å². The number of carboxylic acid groups (broad SMARTS) is 1. The molecule has 0 aromatic heterocycles. The summed E-state index contributed by atoms with van der Waals surface area (Å²) in [6, 6.07) is 15.8. The quantitative estimate of drug-likeness (QED) is 0.149. The van der Waals surface area contributed by atoms with Gasteiger partial charge in [-0.15, -0.1) is 0 Å². The summed E-state index contributed by atoms with van der Waals surface area (Å²) in [5.74, 6) is -3.64. The van der Waals surface area contributed by atoms with Gasteiger partial charge < -0.3 is 31.5 Å². The summed E-state index contributed by atoms with van der Waals surface area (Å²) in [5, 5.41) is 16.5. The second-order valence-electron chi connectivity index (χ2n) is 8.89. The minimum absolute atomic E-state index is 0.0523. The number of hydrogen-bond donors (Lipinski definition) is 5. The zero-order valence-electron chi connectivity index (χ0n) is 21.8. The van der Waals surface area contributed by atoms with Crippen molar-refractivity contribution in [3.63, 3.8) is 0 Å². The Morgan fingerprint density at radius 3 is 2.08 bits per heavy atom. The van der Waals surface area contributed by atoms with E-state index in [0.29, 0.717) is 25.8 Å². The van der Waals surface area contributed by atoms with Crippen LogP contribution in [0.1, 0.15) is 43.2 Å². The molecule has 2 aromatic rings. The first kappa shape index (κ1) is 31.0. The number of hydrogen-bond acceptors (Lipinski definition) is 7. The second kappa shape index (κ2) is 17.3. The van der Waals surface area contributed by atoms with Gasteiger partial charge in [-0.2, -0.15) is 0 Å². The lowest BCUT2D eigenvalue weighted by Crippen LogP contribution is -2.54. The average molecular weight is 541 g/mol. The van der Waals surface area contributed by atoms with Gasteiger partial charge >= 0.3 is 12.1 Å². The fourth-order valence-electron chi connectivity index (χ4n) is 3.69. The number of Topliss-reactive ketones (excluding diaryl/α,β-unsaturated/α-hetero) is 1. The van der Waals surface area contributed by atoms with Gasteiger partial charge in [0.1, 0.15) is 12.6 Å². The van der Waals surface area contributed by atoms with Crippen LogP contribution in [-0.2, 0) is 36.9 Å². The number of aliphatic carboxylic acids is 1. The molecule has 0 aliphatic carbocycles. The summed E-state index contributed by atoms with van der Waals surface area (Å²) >= 11 is 0. The predicted octanol–water partition coefficient (Wildman–Crippen LogP) is 1.69. The van der Waals surface area contributed by atoms with Crippen molar-refractivity contribution in [3.05, 3.63) is 71.8 Å². The van der Waals surface area contributed by atoms with Crippen molar-refractivity contribution in [2.75, 3.05) is 13.1 Å². The molecule has 11 heteroatoms. The molecule has 0 spiro atoms. The van der Waals surface area contributed by atoms with E-state index in [4.69, 9.17) is 15.6 Å². The van der Waals surface area contributed by atoms with E-state index in [9.17, 15) is 24.0 Å². The van der Waals surface area contributed by atoms with Crippen LogP contribution in [0.2, 0.25) is 0 Å². The smallest absolute Gasteiger partial charge is 0.408 e. The molecule has 0 saturated carbocycles. The van der Waals surface area contributed by atoms with Crippen LogP contribution in [0.3, 0.4) is 0 Å². The Bertz CT molecular complexity index is 1080. The third kappa shape index (κ3) is 12.2. The number of unbranched alkanes of at least 4 members (excludes halogenated alkanes) is 1. The molecule has 2 aromatic carbocycles. The number of carboxylic acids is 1. The van der Waals surface area contributed by atoms with E-state index >= 15 is 0 Å². The number of rotatable bonds is 17. The maximum Gasteiger partial charge on any atom is 0.408 e. The van der Waals surface area contributed by atoms with Crippen LogP contribution in [0.25, 0.3) is 0 Å². The number of amides is 3. The second-order valence-corrected chi connectivity index (χ2v) is 8.89. The number of ketones is 1. The molecule has 210 valence electrons. The van der Waals surface area contributed by atoms with Crippen molar-refractivity contribution in [1.82, 2.24) is 16.0 Å². The summed E-state index contributed by atoms with van der Waals surface area (Å²) in [5.41, 5.74) is 7.26. The molecule has 0 aliphatic heterocycles. The summed E-state index contributed by atoms with van der Waals surface area (Å²) in [6.07, 6.45) is 0.138. The Morgan fingerprint density at radius 2 is 1.46 bits per heavy atom. The number of carbonyl (C=O) groups is 5. The van der Waals surface area contributed by atoms with E-state index in [-0.39, 0.29) is 26.0 Å². The van der Waals surface area contributed by atoms with Gasteiger partial charge in [-0.25, -0.2) is 4.79 Å². The standard InChI is InChI=1S/C28H36N4O7/c29-17-8-7-13-22(25(35)27(37)30-18-16-20-9-3-1-4-10-20)31-26(36)23(14-15-24(33)34)32-28(38)39-19-21-11-5-2-6-12-21/h1-6,9-12,22-23H,7-8,13-19,29H2,(H,30,37)(H,31,36)(H,32,38)(H,33,34)/t22-,23-/m0/s1. The van der Waals surface area contributed by atoms with Crippen molar-refractivity contribution in [3.8, 4) is 0 Å². The molecule has 0 fully saturated rings. The maximum absolute atomic E-state index is 13.1. The fourth-order valence-corrected chi connectivity index (χ4v) is 3.69. The van der Waals surface area contributed by atoms with Gasteiger partial charge in [-0.05, 0) is 49.8 Å². The summed E-state index contributed by atoms with van der Waals surface area (Å²) in [7, 11) is 0. The molecule has 6 N–H and O–H groups in total. The molecule has 2 rings (SSSR count). The Morgan fingerprint density at radius 1 is 0.821 bits per heavy atom. The van der Waals surface area contributed by atoms with Gasteiger partial charge in [0, 0.05) is 13.0 Å². The van der Waals surface area contributed by atoms with E-state index < -0.39 is 48.2 Å². The number of nitrogens with one attached hydrogen (secondary N) is 3. The van der Waals surface area contributed by atoms with Crippen molar-refractivity contribution < 1.29 is 33.8 Å². The molecule has 2 atom stereocenters. The van der Waals surface area contributed by atoms with Crippen LogP contribution in [0.15, 0.2) is 60.7 Å². The van der Waals surface area contributed by atoms with Crippen LogP contribution in [0.5, 0.6) is 0 Å². The first-order valence-corrected chi connectivity index (χ1v) is 12.9. The Labute approximate surface area is 227 Å². The van der Waals surface area contributed by atoms with E-state index in [1.54, 1.807) is 24.3 Å². The molecule has 0 aliphatic rings. The van der Waals surface area contributed by atoms with Crippen LogP contribution in [0, 0.1) is 0 Å². The van der Waals surface area contributed by atoms with E-state index in [1.165, 1.54) is 0 Å². The number of carbonyl (C=O) groups excluding carboxylic acids is 4. The molecule has 0 bridgehead atoms. The van der Waals surface area contributed by atoms with Gasteiger partial charge in [0.15, 0.2) is 0 Å². The highest BCUT2D eigenvalue weighted by Crippen LogP contribution is 2.07. The average Bonchev–Trinajstić information content (AvgIpc) is 2.94. The monoisotopic (exact) mass is 540 g/mol. The van der Waals surface area contributed by atoms with Crippen molar-refractivity contribution in [2.45, 2.75) is 57.2 Å². The van der Waals surface area contributed by atoms with Crippen molar-refractivity contribution in [2.24, 2.45) is 5.73 Å². The van der Waals surface area contributed by atoms with Gasteiger partial charge in [0.05, 0.1) is 6.04 Å². The highest BCUT2D eigenvalue weighted by molar-refractivity contribution is 6.38. The molecular formula is C28H36N4O7. The highest BCUT2D eigenvalue weighted by Gasteiger charge is 2.30. The molecule has 11 nitrogen and oxygen atoms in total. The number of alkyl carbamates (subject to hydrolysis) is 1. The molecule has 0 unspecified atom stereocenters. The molecule has 3 amide bonds. The zero-order valence-corrected chi connectivity index (χ0v) is 21.8. The Hall–Kier alpha value is -4.25. The Kier molecular flexibility index (Phi) is 13.7. The summed E-state index contributed by atoms with van der Waals surface area (Å²) in [4.78, 5) is 62.0.